The smallest absolute Gasteiger partial charge is 0.315 e. The molecule has 432 valence electrons. The topological polar surface area (TPSA) is 392 Å². The summed E-state index contributed by atoms with van der Waals surface area (Å²) in [4.78, 5) is 75.2. The fourth-order valence-corrected chi connectivity index (χ4v) is 11.6. The Labute approximate surface area is 460 Å². The summed E-state index contributed by atoms with van der Waals surface area (Å²) in [5, 5.41) is 88.1. The van der Waals surface area contributed by atoms with E-state index in [1.54, 1.807) is 34.4 Å². The SMILES string of the molecule is CCn1cnc(CCNc2nc(NC3CCC(NC(=O)NC4CCC(Nc5nc(NCCc6cn(CC)cn6)nc6c5ncn6[C@@H]5C[C@H](NC(=O)CO)[C@@H](O)[C@H]5O)CC4)CC3)c3ncn([C@@H]4C[C@H](NC(=O)CO)[C@@H](O)[C@H]4O)c3n2)c1. The van der Waals surface area contributed by atoms with Gasteiger partial charge in [-0.25, -0.2) is 24.7 Å². The van der Waals surface area contributed by atoms with E-state index >= 15 is 0 Å². The number of imidazole rings is 4. The van der Waals surface area contributed by atoms with E-state index < -0.39 is 73.6 Å². The Morgan fingerprint density at radius 2 is 0.925 bits per heavy atom. The number of rotatable bonds is 22. The largest absolute Gasteiger partial charge is 0.388 e. The number of aryl methyl sites for hydroxylation is 2. The molecule has 0 unspecified atom stereocenters. The molecule has 4 aliphatic rings. The Hall–Kier alpha value is -7.31. The van der Waals surface area contributed by atoms with E-state index in [1.807, 2.05) is 35.4 Å². The summed E-state index contributed by atoms with van der Waals surface area (Å²) in [7, 11) is 0. The van der Waals surface area contributed by atoms with Gasteiger partial charge in [0.25, 0.3) is 0 Å². The molecule has 10 rings (SSSR count). The Bertz CT molecular complexity index is 2880. The van der Waals surface area contributed by atoms with Crippen LogP contribution in [-0.2, 0) is 35.5 Å². The van der Waals surface area contributed by atoms with Crippen LogP contribution in [0.15, 0.2) is 37.7 Å². The molecule has 0 aromatic carbocycles. The van der Waals surface area contributed by atoms with E-state index in [0.29, 0.717) is 71.8 Å². The maximum Gasteiger partial charge on any atom is 0.315 e. The van der Waals surface area contributed by atoms with Gasteiger partial charge in [0.1, 0.15) is 37.6 Å². The Kier molecular flexibility index (Phi) is 17.5. The zero-order valence-corrected chi connectivity index (χ0v) is 44.9. The maximum atomic E-state index is 13.5. The summed E-state index contributed by atoms with van der Waals surface area (Å²) >= 11 is 0. The third-order valence-corrected chi connectivity index (χ3v) is 16.1. The molecule has 80 heavy (non-hydrogen) atoms. The quantitative estimate of drug-likeness (QED) is 0.0405. The lowest BCUT2D eigenvalue weighted by Gasteiger charge is -2.32. The van der Waals surface area contributed by atoms with Gasteiger partial charge in [-0.3, -0.25) is 9.59 Å². The molecule has 4 fully saturated rings. The van der Waals surface area contributed by atoms with Crippen LogP contribution in [0.3, 0.4) is 0 Å². The van der Waals surface area contributed by atoms with Crippen LogP contribution < -0.4 is 42.5 Å². The van der Waals surface area contributed by atoms with Crippen molar-refractivity contribution in [3.63, 3.8) is 0 Å². The molecule has 6 aromatic heterocycles. The molecular weight excluding hydrogens is 1040 g/mol. The summed E-state index contributed by atoms with van der Waals surface area (Å²) in [6.07, 6.45) is 13.0. The van der Waals surface area contributed by atoms with Gasteiger partial charge in [-0.2, -0.15) is 19.9 Å². The van der Waals surface area contributed by atoms with Gasteiger partial charge in [0.15, 0.2) is 34.0 Å². The highest BCUT2D eigenvalue weighted by Gasteiger charge is 2.45. The summed E-state index contributed by atoms with van der Waals surface area (Å²) in [6.45, 7) is 5.21. The molecule has 0 bridgehead atoms. The molecule has 6 heterocycles. The van der Waals surface area contributed by atoms with E-state index in [1.165, 1.54) is 0 Å². The van der Waals surface area contributed by atoms with Crippen LogP contribution in [0.25, 0.3) is 22.3 Å². The van der Waals surface area contributed by atoms with Crippen LogP contribution >= 0.6 is 0 Å². The predicted octanol–water partition coefficient (Wildman–Crippen LogP) is -0.559. The Morgan fingerprint density at radius 1 is 0.525 bits per heavy atom. The van der Waals surface area contributed by atoms with Crippen LogP contribution in [0.4, 0.5) is 28.3 Å². The molecule has 29 nitrogen and oxygen atoms in total. The third-order valence-electron chi connectivity index (χ3n) is 16.1. The van der Waals surface area contributed by atoms with Gasteiger partial charge in [0, 0.05) is 75.6 Å². The summed E-state index contributed by atoms with van der Waals surface area (Å²) < 4.78 is 7.40. The lowest BCUT2D eigenvalue weighted by molar-refractivity contribution is -0.126. The minimum Gasteiger partial charge on any atom is -0.388 e. The molecule has 0 spiro atoms. The molecule has 14 N–H and O–H groups in total. The number of aliphatic hydroxyl groups excluding tert-OH is 6. The second kappa shape index (κ2) is 25.0. The third kappa shape index (κ3) is 12.7. The first-order chi connectivity index (χ1) is 38.8. The monoisotopic (exact) mass is 1110 g/mol. The Morgan fingerprint density at radius 3 is 1.30 bits per heavy atom. The number of fused-ring (bicyclic) bond motifs is 2. The number of nitrogens with zero attached hydrogens (tertiary/aromatic N) is 12. The van der Waals surface area contributed by atoms with Crippen molar-refractivity contribution < 1.29 is 45.0 Å². The van der Waals surface area contributed by atoms with Crippen molar-refractivity contribution in [3.05, 3.63) is 49.1 Å². The number of hydrogen-bond donors (Lipinski definition) is 14. The fraction of sp³-hybridized carbons (Fsp3) is 0.627. The molecular formula is C51H74N20O9. The van der Waals surface area contributed by atoms with E-state index in [4.69, 9.17) is 19.9 Å². The molecule has 0 radical (unpaired) electrons. The normalized spacial score (nSPS) is 26.8. The Balaban J connectivity index is 0.742. The van der Waals surface area contributed by atoms with Crippen molar-refractivity contribution in [3.8, 4) is 0 Å². The first-order valence-corrected chi connectivity index (χ1v) is 27.9. The summed E-state index contributed by atoms with van der Waals surface area (Å²) in [6, 6.07) is -3.26. The van der Waals surface area contributed by atoms with E-state index in [9.17, 15) is 45.0 Å². The van der Waals surface area contributed by atoms with Crippen molar-refractivity contribution in [2.75, 3.05) is 47.6 Å². The van der Waals surface area contributed by atoms with Gasteiger partial charge in [-0.1, -0.05) is 0 Å². The number of anilines is 4. The summed E-state index contributed by atoms with van der Waals surface area (Å²) in [5.74, 6) is 0.358. The number of nitrogens with one attached hydrogen (secondary N) is 8. The van der Waals surface area contributed by atoms with Crippen molar-refractivity contribution in [2.24, 2.45) is 0 Å². The van der Waals surface area contributed by atoms with Gasteiger partial charge >= 0.3 is 6.03 Å². The van der Waals surface area contributed by atoms with Gasteiger partial charge < -0.3 is 91.4 Å². The molecule has 0 aliphatic heterocycles. The molecule has 8 atom stereocenters. The van der Waals surface area contributed by atoms with E-state index in [2.05, 4.69) is 62.5 Å². The molecule has 29 heteroatoms. The van der Waals surface area contributed by atoms with Crippen molar-refractivity contribution in [2.45, 2.75) is 177 Å². The van der Waals surface area contributed by atoms with Crippen LogP contribution in [0.1, 0.15) is 102 Å². The lowest BCUT2D eigenvalue weighted by atomic mass is 9.90. The van der Waals surface area contributed by atoms with Gasteiger partial charge in [-0.15, -0.1) is 0 Å². The van der Waals surface area contributed by atoms with E-state index in [-0.39, 0.29) is 43.0 Å². The lowest BCUT2D eigenvalue weighted by Crippen LogP contribution is -2.49. The zero-order valence-electron chi connectivity index (χ0n) is 44.9. The number of aromatic nitrogens is 12. The van der Waals surface area contributed by atoms with Gasteiger partial charge in [0.05, 0.1) is 60.9 Å². The van der Waals surface area contributed by atoms with Crippen molar-refractivity contribution in [1.82, 2.24) is 79.4 Å². The molecule has 4 amide bonds. The highest BCUT2D eigenvalue weighted by atomic mass is 16.3. The number of urea groups is 1. The number of carbonyl (C=O) groups is 3. The maximum absolute atomic E-state index is 13.5. The van der Waals surface area contributed by atoms with Crippen molar-refractivity contribution >= 4 is 63.7 Å². The minimum absolute atomic E-state index is 0.000704. The highest BCUT2D eigenvalue weighted by molar-refractivity contribution is 5.86. The second-order valence-electron chi connectivity index (χ2n) is 21.4. The molecule has 4 aliphatic carbocycles. The first-order valence-electron chi connectivity index (χ1n) is 27.9. The fourth-order valence-electron chi connectivity index (χ4n) is 11.6. The standard InChI is InChI=1S/C51H74N20O9/c1-3-68-19-31(54-23-68)13-15-52-49-64-45(39-47(66-49)70(25-56-39)35-17-33(41(76)43(35)78)62-37(74)21-72)58-27-5-9-29(10-6-27)60-51(80)61-30-11-7-28(8-12-30)59-46-40-48(67-50(65-46)53-16-14-32-20-69(4-2)24-55-32)71(26-57-40)36-18-34(42(77)44(36)79)63-38(75)22-73/h19-20,23-30,33-36,41-44,72-73,76-79H,3-18,21-22H2,1-2H3,(H,62,74)(H,63,75)(H2,60,61,80)(H2,52,58,64,66)(H2,53,59,65,67)/t27?,28?,29?,30?,33-,34-,35+,36+,41+,42+,43-,44-/m0/s1. The summed E-state index contributed by atoms with van der Waals surface area (Å²) in [5.41, 5.74) is 3.63. The average Bonchev–Trinajstić information content (AvgIpc) is 4.41. The first kappa shape index (κ1) is 56.0. The van der Waals surface area contributed by atoms with E-state index in [0.717, 1.165) is 75.8 Å². The zero-order chi connectivity index (χ0) is 56.0. The van der Waals surface area contributed by atoms with Gasteiger partial charge in [0.2, 0.25) is 23.7 Å². The van der Waals surface area contributed by atoms with Gasteiger partial charge in [-0.05, 0) is 78.1 Å². The molecule has 4 saturated carbocycles. The number of amides is 4. The number of hydrogen-bond acceptors (Lipinski definition) is 21. The van der Waals surface area contributed by atoms with Crippen LogP contribution in [-0.4, -0.2) is 194 Å². The minimum atomic E-state index is -1.28. The predicted molar refractivity (Wildman–Crippen MR) is 291 cm³/mol. The molecule has 6 aromatic rings. The number of carbonyl (C=O) groups excluding carboxylic acids is 3. The highest BCUT2D eigenvalue weighted by Crippen LogP contribution is 2.37. The second-order valence-corrected chi connectivity index (χ2v) is 21.4. The van der Waals surface area contributed by atoms with Crippen LogP contribution in [0.5, 0.6) is 0 Å². The molecule has 0 saturated heterocycles. The average molecular weight is 1110 g/mol. The van der Waals surface area contributed by atoms with Crippen LogP contribution in [0, 0.1) is 0 Å². The van der Waals surface area contributed by atoms with Crippen molar-refractivity contribution in [1.29, 1.82) is 0 Å². The number of aliphatic hydroxyl groups is 6. The van der Waals surface area contributed by atoms with Crippen LogP contribution in [0.2, 0.25) is 0 Å².